The second-order valence-electron chi connectivity index (χ2n) is 8.84. The quantitative estimate of drug-likeness (QED) is 0.576. The molecule has 0 fully saturated rings. The highest BCUT2D eigenvalue weighted by atomic mass is 28.4. The van der Waals surface area contributed by atoms with Crippen LogP contribution in [0.3, 0.4) is 0 Å². The Kier molecular flexibility index (Phi) is 5.49. The average Bonchev–Trinajstić information content (AvgIpc) is 1.95. The van der Waals surface area contributed by atoms with Crippen molar-refractivity contribution in [1.29, 1.82) is 0 Å². The Morgan fingerprint density at radius 1 is 0.778 bits per heavy atom. The first-order valence-corrected chi connectivity index (χ1v) is 11.3. The van der Waals surface area contributed by atoms with Gasteiger partial charge in [-0.05, 0) is 28.2 Å². The predicted octanol–water partition coefficient (Wildman–Crippen LogP) is 5.10. The van der Waals surface area contributed by atoms with E-state index in [0.717, 1.165) is 0 Å². The Morgan fingerprint density at radius 3 is 1.33 bits per heavy atom. The van der Waals surface area contributed by atoms with Crippen molar-refractivity contribution in [2.75, 3.05) is 0 Å². The largest absolute Gasteiger partial charge is 0.352 e. The molecule has 0 saturated heterocycles. The highest BCUT2D eigenvalue weighted by Gasteiger charge is 2.43. The Balaban J connectivity index is 4.87. The standard InChI is InChI=1S/C14H34NOSi2/c1-12(2,3)17(13(4,5)6)15-16-18(10,11)14(7,8)9/h15H,1-11H3. The first-order valence-electron chi connectivity index (χ1n) is 6.91. The molecule has 0 amide bonds. The van der Waals surface area contributed by atoms with Crippen LogP contribution in [0.4, 0.5) is 0 Å². The van der Waals surface area contributed by atoms with Gasteiger partial charge in [-0.25, -0.2) is 5.15 Å². The van der Waals surface area contributed by atoms with Crippen molar-refractivity contribution in [3.05, 3.63) is 0 Å². The molecule has 0 saturated carbocycles. The first kappa shape index (κ1) is 18.4. The number of rotatable bonds is 3. The summed E-state index contributed by atoms with van der Waals surface area (Å²) in [6.45, 7) is 25.3. The maximum atomic E-state index is 6.24. The van der Waals surface area contributed by atoms with Crippen LogP contribution in [0.5, 0.6) is 0 Å². The lowest BCUT2D eigenvalue weighted by Gasteiger charge is -2.43. The van der Waals surface area contributed by atoms with Gasteiger partial charge in [0.2, 0.25) is 8.32 Å². The summed E-state index contributed by atoms with van der Waals surface area (Å²) in [7, 11) is -2.52. The second-order valence-corrected chi connectivity index (χ2v) is 17.5. The molecule has 0 aromatic heterocycles. The molecule has 0 heterocycles. The van der Waals surface area contributed by atoms with Crippen LogP contribution in [-0.2, 0) is 4.53 Å². The molecule has 0 atom stereocenters. The molecule has 0 aliphatic carbocycles. The SMILES string of the molecule is CC(C)(C)[Si](NO[Si](C)(C)C(C)(C)C)C(C)(C)C. The van der Waals surface area contributed by atoms with Gasteiger partial charge in [0.05, 0.1) is 0 Å². The summed E-state index contributed by atoms with van der Waals surface area (Å²) in [6, 6.07) is 0. The highest BCUT2D eigenvalue weighted by molar-refractivity contribution is 6.74. The molecule has 1 radical (unpaired) electrons. The van der Waals surface area contributed by atoms with Gasteiger partial charge in [-0.15, -0.1) is 0 Å². The number of hydrogen-bond acceptors (Lipinski definition) is 2. The van der Waals surface area contributed by atoms with Crippen molar-refractivity contribution in [2.24, 2.45) is 0 Å². The molecule has 109 valence electrons. The molecule has 0 aliphatic rings. The van der Waals surface area contributed by atoms with Gasteiger partial charge in [-0.1, -0.05) is 62.3 Å². The zero-order valence-electron chi connectivity index (χ0n) is 14.4. The van der Waals surface area contributed by atoms with Crippen molar-refractivity contribution in [1.82, 2.24) is 5.15 Å². The Hall–Kier alpha value is 0.354. The Bertz CT molecular complexity index is 255. The summed E-state index contributed by atoms with van der Waals surface area (Å²) in [5.74, 6) is 0. The van der Waals surface area contributed by atoms with Crippen molar-refractivity contribution in [3.63, 3.8) is 0 Å². The van der Waals surface area contributed by atoms with Crippen LogP contribution in [0.15, 0.2) is 0 Å². The minimum Gasteiger partial charge on any atom is -0.352 e. The predicted molar refractivity (Wildman–Crippen MR) is 86.6 cm³/mol. The van der Waals surface area contributed by atoms with Crippen molar-refractivity contribution in [3.8, 4) is 0 Å². The zero-order chi connectivity index (χ0) is 15.0. The van der Waals surface area contributed by atoms with Gasteiger partial charge in [0.1, 0.15) is 0 Å². The van der Waals surface area contributed by atoms with E-state index in [1.807, 2.05) is 0 Å². The molecule has 2 nitrogen and oxygen atoms in total. The monoisotopic (exact) mass is 288 g/mol. The van der Waals surface area contributed by atoms with E-state index < -0.39 is 17.3 Å². The van der Waals surface area contributed by atoms with Crippen LogP contribution in [-0.4, -0.2) is 17.3 Å². The van der Waals surface area contributed by atoms with E-state index in [0.29, 0.717) is 0 Å². The van der Waals surface area contributed by atoms with E-state index in [1.54, 1.807) is 0 Å². The van der Waals surface area contributed by atoms with E-state index in [9.17, 15) is 0 Å². The van der Waals surface area contributed by atoms with E-state index in [2.05, 4.69) is 80.6 Å². The van der Waals surface area contributed by atoms with Gasteiger partial charge in [-0.2, -0.15) is 0 Å². The van der Waals surface area contributed by atoms with Crippen LogP contribution in [0.25, 0.3) is 0 Å². The van der Waals surface area contributed by atoms with E-state index >= 15 is 0 Å². The summed E-state index contributed by atoms with van der Waals surface area (Å²) in [6.07, 6.45) is 0. The zero-order valence-corrected chi connectivity index (χ0v) is 16.4. The second kappa shape index (κ2) is 5.39. The lowest BCUT2D eigenvalue weighted by atomic mass is 10.2. The molecule has 4 heteroatoms. The molecule has 0 rings (SSSR count). The fourth-order valence-corrected chi connectivity index (χ4v) is 6.36. The summed E-state index contributed by atoms with van der Waals surface area (Å²) in [4.78, 5) is 0. The third kappa shape index (κ3) is 5.15. The van der Waals surface area contributed by atoms with Crippen LogP contribution in [0, 0.1) is 0 Å². The summed E-state index contributed by atoms with van der Waals surface area (Å²) in [5.41, 5.74) is 0. The van der Waals surface area contributed by atoms with Crippen LogP contribution < -0.4 is 5.15 Å². The molecule has 0 spiro atoms. The van der Waals surface area contributed by atoms with Crippen LogP contribution in [0.2, 0.25) is 28.2 Å². The molecule has 0 bridgehead atoms. The lowest BCUT2D eigenvalue weighted by Crippen LogP contribution is -2.54. The van der Waals surface area contributed by atoms with Gasteiger partial charge >= 0.3 is 0 Å². The molecule has 0 aromatic rings. The van der Waals surface area contributed by atoms with Gasteiger partial charge < -0.3 is 4.53 Å². The topological polar surface area (TPSA) is 21.3 Å². The minimum atomic E-state index is -1.71. The molecule has 0 aliphatic heterocycles. The summed E-state index contributed by atoms with van der Waals surface area (Å²) < 4.78 is 6.24. The fourth-order valence-electron chi connectivity index (χ4n) is 1.76. The molecular formula is C14H34NOSi2. The lowest BCUT2D eigenvalue weighted by molar-refractivity contribution is 0.230. The fraction of sp³-hybridized carbons (Fsp3) is 1.00. The summed E-state index contributed by atoms with van der Waals surface area (Å²) in [5, 5.41) is 4.33. The summed E-state index contributed by atoms with van der Waals surface area (Å²) >= 11 is 0. The van der Waals surface area contributed by atoms with E-state index in [4.69, 9.17) is 4.53 Å². The van der Waals surface area contributed by atoms with E-state index in [1.165, 1.54) is 0 Å². The maximum absolute atomic E-state index is 6.24. The van der Waals surface area contributed by atoms with Crippen LogP contribution >= 0.6 is 0 Å². The first-order chi connectivity index (χ1) is 7.59. The molecule has 0 aromatic carbocycles. The number of hydrogen-bond donors (Lipinski definition) is 1. The van der Waals surface area contributed by atoms with Crippen LogP contribution in [0.1, 0.15) is 62.3 Å². The maximum Gasteiger partial charge on any atom is 0.218 e. The van der Waals surface area contributed by atoms with Gasteiger partial charge in [0.25, 0.3) is 0 Å². The Labute approximate surface area is 118 Å². The number of nitrogens with one attached hydrogen (secondary N) is 1. The van der Waals surface area contributed by atoms with Crippen molar-refractivity contribution < 1.29 is 4.53 Å². The van der Waals surface area contributed by atoms with Gasteiger partial charge in [0.15, 0.2) is 8.96 Å². The molecule has 18 heavy (non-hydrogen) atoms. The molecule has 1 N–H and O–H groups in total. The van der Waals surface area contributed by atoms with Gasteiger partial charge in [-0.3, -0.25) is 0 Å². The van der Waals surface area contributed by atoms with E-state index in [-0.39, 0.29) is 15.1 Å². The third-order valence-corrected chi connectivity index (χ3v) is 11.4. The minimum absolute atomic E-state index is 0.253. The van der Waals surface area contributed by atoms with Crippen molar-refractivity contribution in [2.45, 2.75) is 90.5 Å². The normalized spacial score (nSPS) is 15.3. The third-order valence-electron chi connectivity index (χ3n) is 3.71. The Morgan fingerprint density at radius 2 is 1.11 bits per heavy atom. The molecular weight excluding hydrogens is 254 g/mol. The highest BCUT2D eigenvalue weighted by Crippen LogP contribution is 2.41. The van der Waals surface area contributed by atoms with Gasteiger partial charge in [0, 0.05) is 0 Å². The molecule has 0 unspecified atom stereocenters. The smallest absolute Gasteiger partial charge is 0.218 e. The van der Waals surface area contributed by atoms with Crippen molar-refractivity contribution >= 4 is 17.3 Å². The average molecular weight is 289 g/mol.